The van der Waals surface area contributed by atoms with Crippen molar-refractivity contribution >= 4 is 17.5 Å². The molecule has 88 valence electrons. The lowest BCUT2D eigenvalue weighted by atomic mass is 10.00. The fourth-order valence-electron chi connectivity index (χ4n) is 2.75. The highest BCUT2D eigenvalue weighted by atomic mass is 16.2. The van der Waals surface area contributed by atoms with Crippen molar-refractivity contribution in [2.24, 2.45) is 0 Å². The fraction of sp³-hybridized carbons (Fsp3) is 0.385. The normalized spacial score (nSPS) is 22.4. The van der Waals surface area contributed by atoms with Gasteiger partial charge < -0.3 is 4.90 Å². The minimum absolute atomic E-state index is 0.0180. The van der Waals surface area contributed by atoms with Crippen molar-refractivity contribution in [2.45, 2.75) is 25.8 Å². The van der Waals surface area contributed by atoms with Gasteiger partial charge >= 0.3 is 0 Å². The number of carbonyl (C=O) groups excluding carboxylic acids is 2. The summed E-state index contributed by atoms with van der Waals surface area (Å²) in [5.74, 6) is 0.131. The number of hydrogen-bond acceptors (Lipinski definition) is 2. The topological polar surface area (TPSA) is 40.6 Å². The smallest absolute Gasteiger partial charge is 0.225 e. The number of fused-ring (bicyclic) bond motifs is 3. The Morgan fingerprint density at radius 1 is 1.35 bits per heavy atom. The molecule has 1 saturated heterocycles. The van der Waals surface area contributed by atoms with Crippen LogP contribution in [0.2, 0.25) is 0 Å². The summed E-state index contributed by atoms with van der Waals surface area (Å²) in [5.41, 5.74) is 2.05. The van der Waals surface area contributed by atoms with Crippen LogP contribution in [0.1, 0.15) is 31.4 Å². The van der Waals surface area contributed by atoms with E-state index in [2.05, 4.69) is 0 Å². The van der Waals surface area contributed by atoms with Gasteiger partial charge in [0.05, 0.1) is 11.7 Å². The first kappa shape index (κ1) is 10.3. The van der Waals surface area contributed by atoms with Crippen molar-refractivity contribution in [3.05, 3.63) is 29.8 Å². The van der Waals surface area contributed by atoms with E-state index < -0.39 is 0 Å². The Morgan fingerprint density at radius 2 is 2.12 bits per heavy atom. The molecule has 2 aliphatic heterocycles. The van der Waals surface area contributed by atoms with Gasteiger partial charge in [-0.05, 0) is 18.1 Å². The summed E-state index contributed by atoms with van der Waals surface area (Å²) < 4.78 is 0. The second-order valence-electron chi connectivity index (χ2n) is 4.57. The number of nitrogens with zero attached hydrogens (tertiary/aromatic N) is 2. The Balaban J connectivity index is 2.11. The van der Waals surface area contributed by atoms with Gasteiger partial charge in [0.25, 0.3) is 0 Å². The molecule has 0 spiro atoms. The van der Waals surface area contributed by atoms with Crippen LogP contribution in [-0.4, -0.2) is 23.4 Å². The summed E-state index contributed by atoms with van der Waals surface area (Å²) in [4.78, 5) is 26.9. The Morgan fingerprint density at radius 3 is 2.88 bits per heavy atom. The number of anilines is 1. The number of benzene rings is 1. The van der Waals surface area contributed by atoms with Gasteiger partial charge in [-0.2, -0.15) is 0 Å². The van der Waals surface area contributed by atoms with E-state index >= 15 is 0 Å². The van der Waals surface area contributed by atoms with E-state index in [4.69, 9.17) is 0 Å². The van der Waals surface area contributed by atoms with Crippen molar-refractivity contribution in [2.75, 3.05) is 11.6 Å². The minimum atomic E-state index is -0.0180. The van der Waals surface area contributed by atoms with E-state index in [9.17, 15) is 9.59 Å². The predicted octanol–water partition coefficient (Wildman–Crippen LogP) is 1.67. The average Bonchev–Trinajstić information content (AvgIpc) is 2.70. The van der Waals surface area contributed by atoms with E-state index in [-0.39, 0.29) is 17.9 Å². The fourth-order valence-corrected chi connectivity index (χ4v) is 2.75. The first-order valence-electron chi connectivity index (χ1n) is 5.85. The summed E-state index contributed by atoms with van der Waals surface area (Å²) in [5, 5.41) is 0. The van der Waals surface area contributed by atoms with Gasteiger partial charge in [0.1, 0.15) is 6.67 Å². The molecule has 2 heterocycles. The highest BCUT2D eigenvalue weighted by molar-refractivity contribution is 5.94. The van der Waals surface area contributed by atoms with Gasteiger partial charge in [-0.15, -0.1) is 0 Å². The lowest BCUT2D eigenvalue weighted by molar-refractivity contribution is -0.129. The molecule has 0 aromatic heterocycles. The van der Waals surface area contributed by atoms with Crippen LogP contribution < -0.4 is 4.90 Å². The van der Waals surface area contributed by atoms with E-state index in [1.807, 2.05) is 29.2 Å². The Kier molecular flexibility index (Phi) is 2.18. The van der Waals surface area contributed by atoms with E-state index in [0.29, 0.717) is 13.1 Å². The first-order chi connectivity index (χ1) is 8.18. The molecule has 1 fully saturated rings. The molecule has 1 atom stereocenters. The molecule has 17 heavy (non-hydrogen) atoms. The summed E-state index contributed by atoms with van der Waals surface area (Å²) in [6.07, 6.45) is 1.45. The number of hydrogen-bond donors (Lipinski definition) is 0. The largest absolute Gasteiger partial charge is 0.317 e. The van der Waals surface area contributed by atoms with Gasteiger partial charge in [0.2, 0.25) is 11.8 Å². The van der Waals surface area contributed by atoms with Crippen molar-refractivity contribution in [1.29, 1.82) is 0 Å². The molecule has 4 nitrogen and oxygen atoms in total. The third-order valence-electron chi connectivity index (χ3n) is 3.59. The van der Waals surface area contributed by atoms with Crippen molar-refractivity contribution in [1.82, 2.24) is 4.90 Å². The SMILES string of the molecule is CC(=O)N1CN2C(=O)CCC2c2ccccc21. The third kappa shape index (κ3) is 1.44. The molecule has 2 amide bonds. The molecule has 1 aromatic rings. The molecule has 2 aliphatic rings. The molecule has 1 unspecified atom stereocenters. The number of amides is 2. The lowest BCUT2D eigenvalue weighted by Crippen LogP contribution is -2.46. The standard InChI is InChI=1S/C13H14N2O2/c1-9(16)14-8-15-12(6-7-13(15)17)10-4-2-3-5-11(10)14/h2-5,12H,6-8H2,1H3. The molecule has 4 heteroatoms. The zero-order valence-electron chi connectivity index (χ0n) is 9.72. The van der Waals surface area contributed by atoms with Crippen LogP contribution in [0.3, 0.4) is 0 Å². The van der Waals surface area contributed by atoms with Crippen molar-refractivity contribution < 1.29 is 9.59 Å². The van der Waals surface area contributed by atoms with Gasteiger partial charge in [-0.25, -0.2) is 0 Å². The highest BCUT2D eigenvalue weighted by Gasteiger charge is 2.39. The van der Waals surface area contributed by atoms with Crippen LogP contribution in [0.25, 0.3) is 0 Å². The molecular weight excluding hydrogens is 216 g/mol. The maximum atomic E-state index is 11.8. The second-order valence-corrected chi connectivity index (χ2v) is 4.57. The van der Waals surface area contributed by atoms with Gasteiger partial charge in [0, 0.05) is 13.3 Å². The quantitative estimate of drug-likeness (QED) is 0.680. The van der Waals surface area contributed by atoms with Crippen LogP contribution in [0, 0.1) is 0 Å². The Labute approximate surface area is 99.8 Å². The number of rotatable bonds is 0. The summed E-state index contributed by atoms with van der Waals surface area (Å²) in [7, 11) is 0. The Bertz CT molecular complexity index is 498. The third-order valence-corrected chi connectivity index (χ3v) is 3.59. The van der Waals surface area contributed by atoms with Gasteiger partial charge in [-0.1, -0.05) is 18.2 Å². The van der Waals surface area contributed by atoms with Crippen LogP contribution in [0.15, 0.2) is 24.3 Å². The molecule has 0 bridgehead atoms. The predicted molar refractivity (Wildman–Crippen MR) is 63.3 cm³/mol. The summed E-state index contributed by atoms with van der Waals surface area (Å²) in [6.45, 7) is 1.94. The van der Waals surface area contributed by atoms with E-state index in [1.54, 1.807) is 4.90 Å². The zero-order valence-corrected chi connectivity index (χ0v) is 9.72. The van der Waals surface area contributed by atoms with Crippen LogP contribution >= 0.6 is 0 Å². The molecule has 0 N–H and O–H groups in total. The maximum absolute atomic E-state index is 11.8. The molecule has 3 rings (SSSR count). The van der Waals surface area contributed by atoms with Crippen LogP contribution in [-0.2, 0) is 9.59 Å². The molecular formula is C13H14N2O2. The highest BCUT2D eigenvalue weighted by Crippen LogP contribution is 2.41. The molecule has 1 aromatic carbocycles. The Hall–Kier alpha value is -1.84. The summed E-state index contributed by atoms with van der Waals surface area (Å²) >= 11 is 0. The van der Waals surface area contributed by atoms with Crippen LogP contribution in [0.4, 0.5) is 5.69 Å². The van der Waals surface area contributed by atoms with E-state index in [0.717, 1.165) is 17.7 Å². The van der Waals surface area contributed by atoms with Crippen LogP contribution in [0.5, 0.6) is 0 Å². The second kappa shape index (κ2) is 3.58. The van der Waals surface area contributed by atoms with Crippen molar-refractivity contribution in [3.8, 4) is 0 Å². The van der Waals surface area contributed by atoms with E-state index in [1.165, 1.54) is 6.92 Å². The molecule has 0 radical (unpaired) electrons. The van der Waals surface area contributed by atoms with Gasteiger partial charge in [-0.3, -0.25) is 14.5 Å². The molecule has 0 saturated carbocycles. The monoisotopic (exact) mass is 230 g/mol. The molecule has 0 aliphatic carbocycles. The first-order valence-corrected chi connectivity index (χ1v) is 5.85. The number of carbonyl (C=O) groups is 2. The zero-order chi connectivity index (χ0) is 12.0. The average molecular weight is 230 g/mol. The minimum Gasteiger partial charge on any atom is -0.317 e. The number of para-hydroxylation sites is 1. The summed E-state index contributed by atoms with van der Waals surface area (Å²) in [6, 6.07) is 8.02. The lowest BCUT2D eigenvalue weighted by Gasteiger charge is -2.38. The van der Waals surface area contributed by atoms with Crippen molar-refractivity contribution in [3.63, 3.8) is 0 Å². The maximum Gasteiger partial charge on any atom is 0.225 e. The van der Waals surface area contributed by atoms with Gasteiger partial charge in [0.15, 0.2) is 0 Å².